The monoisotopic (exact) mass is 312 g/mol. The largest absolute Gasteiger partial charge is 0.387 e. The van der Waals surface area contributed by atoms with Gasteiger partial charge in [-0.05, 0) is 23.3 Å². The zero-order chi connectivity index (χ0) is 16.2. The standard InChI is InChI=1S/C18H17FN2O2/c19-15-8-6-13(7-9-15)16(22)12-21-11-10-20-18(21)17(23)14-4-2-1-3-5-14/h1-11,16-17,22-23H,12H2/t16-,17-/m0/s1. The Hall–Kier alpha value is -2.50. The lowest BCUT2D eigenvalue weighted by Crippen LogP contribution is -2.14. The maximum Gasteiger partial charge on any atom is 0.142 e. The first-order valence-electron chi connectivity index (χ1n) is 7.32. The van der Waals surface area contributed by atoms with Gasteiger partial charge in [0.2, 0.25) is 0 Å². The van der Waals surface area contributed by atoms with Gasteiger partial charge in [0, 0.05) is 12.4 Å². The van der Waals surface area contributed by atoms with Gasteiger partial charge in [-0.1, -0.05) is 42.5 Å². The molecule has 0 spiro atoms. The highest BCUT2D eigenvalue weighted by Crippen LogP contribution is 2.23. The number of aliphatic hydroxyl groups is 2. The van der Waals surface area contributed by atoms with Crippen LogP contribution in [0.5, 0.6) is 0 Å². The van der Waals surface area contributed by atoms with E-state index in [1.807, 2.05) is 30.3 Å². The molecule has 2 aromatic carbocycles. The lowest BCUT2D eigenvalue weighted by molar-refractivity contribution is 0.147. The summed E-state index contributed by atoms with van der Waals surface area (Å²) in [5.41, 5.74) is 1.34. The van der Waals surface area contributed by atoms with Gasteiger partial charge in [0.05, 0.1) is 12.6 Å². The average Bonchev–Trinajstić information content (AvgIpc) is 3.03. The first-order chi connectivity index (χ1) is 11.1. The van der Waals surface area contributed by atoms with Crippen LogP contribution in [0.25, 0.3) is 0 Å². The van der Waals surface area contributed by atoms with Crippen LogP contribution in [0.2, 0.25) is 0 Å². The second-order valence-electron chi connectivity index (χ2n) is 5.32. The van der Waals surface area contributed by atoms with Crippen LogP contribution in [-0.2, 0) is 6.54 Å². The number of benzene rings is 2. The molecule has 3 rings (SSSR count). The number of hydrogen-bond acceptors (Lipinski definition) is 3. The Labute approximate surface area is 133 Å². The van der Waals surface area contributed by atoms with Gasteiger partial charge in [-0.2, -0.15) is 0 Å². The van der Waals surface area contributed by atoms with Crippen LogP contribution in [0, 0.1) is 5.82 Å². The zero-order valence-electron chi connectivity index (χ0n) is 12.4. The van der Waals surface area contributed by atoms with Gasteiger partial charge in [0.25, 0.3) is 0 Å². The molecule has 118 valence electrons. The Morgan fingerprint density at radius 3 is 2.35 bits per heavy atom. The second-order valence-corrected chi connectivity index (χ2v) is 5.32. The van der Waals surface area contributed by atoms with E-state index in [9.17, 15) is 14.6 Å². The van der Waals surface area contributed by atoms with E-state index >= 15 is 0 Å². The molecule has 1 heterocycles. The summed E-state index contributed by atoms with van der Waals surface area (Å²) in [4.78, 5) is 4.20. The van der Waals surface area contributed by atoms with Crippen molar-refractivity contribution in [2.75, 3.05) is 0 Å². The third-order valence-electron chi connectivity index (χ3n) is 3.73. The zero-order valence-corrected chi connectivity index (χ0v) is 12.4. The molecule has 5 heteroatoms. The van der Waals surface area contributed by atoms with Crippen molar-refractivity contribution >= 4 is 0 Å². The summed E-state index contributed by atoms with van der Waals surface area (Å²) in [5.74, 6) is 0.112. The topological polar surface area (TPSA) is 58.3 Å². The minimum absolute atomic E-state index is 0.227. The van der Waals surface area contributed by atoms with E-state index in [0.29, 0.717) is 11.4 Å². The fourth-order valence-corrected chi connectivity index (χ4v) is 2.48. The van der Waals surface area contributed by atoms with Crippen molar-refractivity contribution in [2.45, 2.75) is 18.8 Å². The van der Waals surface area contributed by atoms with E-state index in [1.54, 1.807) is 29.1 Å². The van der Waals surface area contributed by atoms with Crippen LogP contribution in [0.3, 0.4) is 0 Å². The molecule has 0 saturated heterocycles. The van der Waals surface area contributed by atoms with Crippen LogP contribution in [-0.4, -0.2) is 19.8 Å². The van der Waals surface area contributed by atoms with E-state index in [4.69, 9.17) is 0 Å². The maximum atomic E-state index is 13.0. The number of rotatable bonds is 5. The predicted molar refractivity (Wildman–Crippen MR) is 84.1 cm³/mol. The van der Waals surface area contributed by atoms with Crippen molar-refractivity contribution in [3.63, 3.8) is 0 Å². The number of halogens is 1. The number of nitrogens with zero attached hydrogens (tertiary/aromatic N) is 2. The van der Waals surface area contributed by atoms with E-state index in [2.05, 4.69) is 4.98 Å². The summed E-state index contributed by atoms with van der Waals surface area (Å²) >= 11 is 0. The normalized spacial score (nSPS) is 13.7. The third-order valence-corrected chi connectivity index (χ3v) is 3.73. The molecule has 23 heavy (non-hydrogen) atoms. The van der Waals surface area contributed by atoms with Crippen molar-refractivity contribution in [1.29, 1.82) is 0 Å². The molecular weight excluding hydrogens is 295 g/mol. The van der Waals surface area contributed by atoms with Gasteiger partial charge in [-0.25, -0.2) is 9.37 Å². The van der Waals surface area contributed by atoms with Crippen LogP contribution in [0.1, 0.15) is 29.2 Å². The Morgan fingerprint density at radius 2 is 1.65 bits per heavy atom. The first-order valence-corrected chi connectivity index (χ1v) is 7.32. The van der Waals surface area contributed by atoms with Crippen LogP contribution in [0.15, 0.2) is 67.0 Å². The van der Waals surface area contributed by atoms with Crippen molar-refractivity contribution in [3.8, 4) is 0 Å². The van der Waals surface area contributed by atoms with Crippen LogP contribution >= 0.6 is 0 Å². The molecule has 1 aromatic heterocycles. The Kier molecular flexibility index (Phi) is 4.50. The number of aromatic nitrogens is 2. The summed E-state index contributed by atoms with van der Waals surface area (Å²) in [5, 5.41) is 20.8. The van der Waals surface area contributed by atoms with Crippen LogP contribution < -0.4 is 0 Å². The van der Waals surface area contributed by atoms with Crippen molar-refractivity contribution in [1.82, 2.24) is 9.55 Å². The van der Waals surface area contributed by atoms with Crippen LogP contribution in [0.4, 0.5) is 4.39 Å². The molecule has 0 aliphatic rings. The molecule has 0 radical (unpaired) electrons. The second kappa shape index (κ2) is 6.73. The molecule has 4 nitrogen and oxygen atoms in total. The van der Waals surface area contributed by atoms with Crippen molar-refractivity contribution in [3.05, 3.63) is 89.8 Å². The molecule has 0 unspecified atom stereocenters. The number of imidazole rings is 1. The summed E-state index contributed by atoms with van der Waals surface area (Å²) in [6.45, 7) is 0.227. The van der Waals surface area contributed by atoms with Gasteiger partial charge in [0.15, 0.2) is 0 Å². The average molecular weight is 312 g/mol. The van der Waals surface area contributed by atoms with Gasteiger partial charge in [-0.15, -0.1) is 0 Å². The van der Waals surface area contributed by atoms with E-state index < -0.39 is 12.2 Å². The summed E-state index contributed by atoms with van der Waals surface area (Å²) in [6.07, 6.45) is 1.60. The lowest BCUT2D eigenvalue weighted by Gasteiger charge is -2.17. The number of hydrogen-bond donors (Lipinski definition) is 2. The highest BCUT2D eigenvalue weighted by atomic mass is 19.1. The third kappa shape index (κ3) is 3.47. The van der Waals surface area contributed by atoms with Gasteiger partial charge < -0.3 is 14.8 Å². The first kappa shape index (κ1) is 15.4. The van der Waals surface area contributed by atoms with Crippen molar-refractivity contribution in [2.24, 2.45) is 0 Å². The summed E-state index contributed by atoms with van der Waals surface area (Å²) < 4.78 is 14.7. The van der Waals surface area contributed by atoms with E-state index in [0.717, 1.165) is 5.56 Å². The molecule has 0 bridgehead atoms. The Balaban J connectivity index is 1.79. The highest BCUT2D eigenvalue weighted by Gasteiger charge is 2.18. The molecule has 0 amide bonds. The SMILES string of the molecule is O[C@@H](c1ccccc1)c1nccn1C[C@H](O)c1ccc(F)cc1. The fraction of sp³-hybridized carbons (Fsp3) is 0.167. The van der Waals surface area contributed by atoms with Crippen molar-refractivity contribution < 1.29 is 14.6 Å². The summed E-state index contributed by atoms with van der Waals surface area (Å²) in [7, 11) is 0. The highest BCUT2D eigenvalue weighted by molar-refractivity contribution is 5.23. The quantitative estimate of drug-likeness (QED) is 0.761. The predicted octanol–water partition coefficient (Wildman–Crippen LogP) is 2.84. The molecule has 2 atom stereocenters. The van der Waals surface area contributed by atoms with E-state index in [-0.39, 0.29) is 12.4 Å². The minimum atomic E-state index is -0.869. The van der Waals surface area contributed by atoms with Gasteiger partial charge >= 0.3 is 0 Å². The lowest BCUT2D eigenvalue weighted by atomic mass is 10.1. The molecule has 0 saturated carbocycles. The van der Waals surface area contributed by atoms with E-state index in [1.165, 1.54) is 12.1 Å². The molecule has 3 aromatic rings. The smallest absolute Gasteiger partial charge is 0.142 e. The molecule has 2 N–H and O–H groups in total. The molecule has 0 fully saturated rings. The summed E-state index contributed by atoms with van der Waals surface area (Å²) in [6, 6.07) is 14.9. The Bertz CT molecular complexity index is 756. The number of aliphatic hydroxyl groups excluding tert-OH is 2. The van der Waals surface area contributed by atoms with Gasteiger partial charge in [0.1, 0.15) is 17.7 Å². The Morgan fingerprint density at radius 1 is 0.957 bits per heavy atom. The fourth-order valence-electron chi connectivity index (χ4n) is 2.48. The van der Waals surface area contributed by atoms with Gasteiger partial charge in [-0.3, -0.25) is 0 Å². The minimum Gasteiger partial charge on any atom is -0.387 e. The molecular formula is C18H17FN2O2. The maximum absolute atomic E-state index is 13.0. The molecule has 0 aliphatic carbocycles. The molecule has 0 aliphatic heterocycles.